The number of nitrogens with one attached hydrogen (secondary N) is 5. The molecular weight excluding hydrogens is 827 g/mol. The number of benzene rings is 1. The Morgan fingerprint density at radius 3 is 2.18 bits per heavy atom. The Labute approximate surface area is 375 Å². The standard InChI is InChI=1S/C45H67N9O6S2/c1-26(2)33-39(57)52-36(44(5,6)7)38(47-25-32(56)54-18-16-27(3)35(54)41(59)49-33)51-37(45(8,9)10)42(60)50-34(28(4)29-14-12-11-13-15-29)40(58)48-30(43-46-17-21-62-43)24-31(55)53-19-22-61-23-20-53/h11-15,17,21,26-28,30,33-37H,16,18-20,22-25H2,1-10H3,(H,47,51)(H,48,58)(H,49,59)(H,50,60)(H,52,57)/t27-,28+,30-,33+,34+,35+,36-,37-/m1/s1. The van der Waals surface area contributed by atoms with Gasteiger partial charge in [-0.2, -0.15) is 11.8 Å². The van der Waals surface area contributed by atoms with Crippen molar-refractivity contribution in [2.24, 2.45) is 27.7 Å². The van der Waals surface area contributed by atoms with E-state index in [1.165, 1.54) is 11.3 Å². The normalized spacial score (nSPS) is 23.7. The smallest absolute Gasteiger partial charge is 0.244 e. The van der Waals surface area contributed by atoms with Gasteiger partial charge in [0.05, 0.1) is 18.5 Å². The molecule has 8 atom stereocenters. The molecule has 62 heavy (non-hydrogen) atoms. The van der Waals surface area contributed by atoms with Gasteiger partial charge >= 0.3 is 0 Å². The molecule has 0 radical (unpaired) electrons. The van der Waals surface area contributed by atoms with Crippen LogP contribution < -0.4 is 26.6 Å². The minimum Gasteiger partial charge on any atom is -0.360 e. The largest absolute Gasteiger partial charge is 0.360 e. The van der Waals surface area contributed by atoms with Crippen molar-refractivity contribution < 1.29 is 28.8 Å². The minimum absolute atomic E-state index is 0.0212. The maximum absolute atomic E-state index is 14.9. The van der Waals surface area contributed by atoms with E-state index in [2.05, 4.69) is 31.6 Å². The number of thioether (sulfide) groups is 1. The molecule has 5 rings (SSSR count). The average Bonchev–Trinajstić information content (AvgIpc) is 3.90. The molecule has 2 fully saturated rings. The zero-order valence-electron chi connectivity index (χ0n) is 37.9. The summed E-state index contributed by atoms with van der Waals surface area (Å²) >= 11 is 3.15. The zero-order valence-corrected chi connectivity index (χ0v) is 39.6. The number of amides is 6. The van der Waals surface area contributed by atoms with E-state index in [1.54, 1.807) is 28.2 Å². The Hall–Kier alpha value is -4.51. The van der Waals surface area contributed by atoms with Crippen molar-refractivity contribution in [1.29, 1.82) is 0 Å². The van der Waals surface area contributed by atoms with Crippen molar-refractivity contribution in [1.82, 2.24) is 41.4 Å². The van der Waals surface area contributed by atoms with E-state index in [0.29, 0.717) is 31.1 Å². The quantitative estimate of drug-likeness (QED) is 0.223. The number of aliphatic imine (C=N–C) groups is 1. The topological polar surface area (TPSA) is 194 Å². The van der Waals surface area contributed by atoms with E-state index in [1.807, 2.05) is 104 Å². The molecule has 340 valence electrons. The lowest BCUT2D eigenvalue weighted by molar-refractivity contribution is -0.140. The molecule has 3 aliphatic heterocycles. The Morgan fingerprint density at radius 1 is 0.903 bits per heavy atom. The lowest BCUT2D eigenvalue weighted by Gasteiger charge is -2.39. The number of fused-ring (bicyclic) bond motifs is 1. The van der Waals surface area contributed by atoms with Crippen LogP contribution >= 0.6 is 23.1 Å². The number of aromatic nitrogens is 1. The first kappa shape index (κ1) is 48.5. The van der Waals surface area contributed by atoms with E-state index >= 15 is 0 Å². The van der Waals surface area contributed by atoms with Gasteiger partial charge in [-0.1, -0.05) is 99.6 Å². The van der Waals surface area contributed by atoms with Gasteiger partial charge in [-0.15, -0.1) is 11.3 Å². The molecule has 6 amide bonds. The molecule has 2 saturated heterocycles. The van der Waals surface area contributed by atoms with Crippen molar-refractivity contribution >= 4 is 64.4 Å². The minimum atomic E-state index is -1.09. The first-order valence-electron chi connectivity index (χ1n) is 21.8. The van der Waals surface area contributed by atoms with E-state index in [4.69, 9.17) is 4.99 Å². The Kier molecular flexibility index (Phi) is 16.3. The molecule has 0 bridgehead atoms. The van der Waals surface area contributed by atoms with Gasteiger partial charge in [0.25, 0.3) is 0 Å². The van der Waals surface area contributed by atoms with Crippen LogP contribution in [0, 0.1) is 22.7 Å². The van der Waals surface area contributed by atoms with Crippen molar-refractivity contribution in [3.8, 4) is 0 Å². The Balaban J connectivity index is 1.50. The number of carbonyl (C=O) groups excluding carboxylic acids is 6. The number of hydrogen-bond acceptors (Lipinski definition) is 11. The molecule has 1 aromatic carbocycles. The fourth-order valence-corrected chi connectivity index (χ4v) is 9.79. The number of hydrogen-bond donors (Lipinski definition) is 5. The molecule has 4 heterocycles. The summed E-state index contributed by atoms with van der Waals surface area (Å²) in [7, 11) is 0. The third-order valence-corrected chi connectivity index (χ3v) is 13.8. The maximum atomic E-state index is 14.9. The summed E-state index contributed by atoms with van der Waals surface area (Å²) in [4.78, 5) is 97.7. The predicted octanol–water partition coefficient (Wildman–Crippen LogP) is 3.88. The van der Waals surface area contributed by atoms with Gasteiger partial charge in [0.15, 0.2) is 0 Å². The van der Waals surface area contributed by atoms with Crippen LogP contribution in [0.3, 0.4) is 0 Å². The number of carbonyl (C=O) groups is 6. The van der Waals surface area contributed by atoms with Gasteiger partial charge in [0, 0.05) is 48.6 Å². The number of rotatable bonds is 11. The molecule has 5 N–H and O–H groups in total. The highest BCUT2D eigenvalue weighted by Gasteiger charge is 2.44. The number of nitrogens with zero attached hydrogens (tertiary/aromatic N) is 4. The van der Waals surface area contributed by atoms with Gasteiger partial charge in [-0.25, -0.2) is 4.98 Å². The molecule has 17 heteroatoms. The van der Waals surface area contributed by atoms with Crippen LogP contribution in [0.15, 0.2) is 46.9 Å². The highest BCUT2D eigenvalue weighted by molar-refractivity contribution is 7.99. The summed E-state index contributed by atoms with van der Waals surface area (Å²) < 4.78 is 0. The van der Waals surface area contributed by atoms with Crippen molar-refractivity contribution in [3.63, 3.8) is 0 Å². The number of amidine groups is 1. The van der Waals surface area contributed by atoms with Crippen LogP contribution in [0.1, 0.15) is 105 Å². The Bertz CT molecular complexity index is 1920. The molecule has 0 aliphatic carbocycles. The first-order valence-corrected chi connectivity index (χ1v) is 23.8. The van der Waals surface area contributed by atoms with Crippen molar-refractivity contribution in [2.45, 2.75) is 124 Å². The van der Waals surface area contributed by atoms with Crippen LogP contribution in [0.5, 0.6) is 0 Å². The second-order valence-electron chi connectivity index (χ2n) is 19.3. The monoisotopic (exact) mass is 893 g/mol. The molecule has 3 aliphatic rings. The molecule has 2 aromatic rings. The van der Waals surface area contributed by atoms with E-state index < -0.39 is 70.7 Å². The molecular formula is C45H67N9O6S2. The molecule has 0 unspecified atom stereocenters. The van der Waals surface area contributed by atoms with Crippen LogP contribution in [-0.2, 0) is 28.8 Å². The zero-order chi connectivity index (χ0) is 45.5. The van der Waals surface area contributed by atoms with Crippen molar-refractivity contribution in [2.75, 3.05) is 37.7 Å². The molecule has 1 aromatic heterocycles. The van der Waals surface area contributed by atoms with E-state index in [0.717, 1.165) is 17.1 Å². The van der Waals surface area contributed by atoms with E-state index in [9.17, 15) is 28.8 Å². The van der Waals surface area contributed by atoms with Crippen molar-refractivity contribution in [3.05, 3.63) is 52.5 Å². The van der Waals surface area contributed by atoms with Gasteiger partial charge in [-0.3, -0.25) is 33.8 Å². The number of thiazole rings is 1. The second kappa shape index (κ2) is 20.8. The summed E-state index contributed by atoms with van der Waals surface area (Å²) in [6.45, 7) is 20.3. The highest BCUT2D eigenvalue weighted by Crippen LogP contribution is 2.29. The predicted molar refractivity (Wildman–Crippen MR) is 244 cm³/mol. The summed E-state index contributed by atoms with van der Waals surface area (Å²) in [6.07, 6.45) is 2.29. The average molecular weight is 894 g/mol. The molecule has 15 nitrogen and oxygen atoms in total. The Morgan fingerprint density at radius 2 is 1.58 bits per heavy atom. The fraction of sp³-hybridized carbons (Fsp3) is 0.644. The summed E-state index contributed by atoms with van der Waals surface area (Å²) in [5, 5.41) is 18.0. The lowest BCUT2D eigenvalue weighted by Crippen LogP contribution is -2.65. The van der Waals surface area contributed by atoms with Gasteiger partial charge in [0.1, 0.15) is 41.6 Å². The van der Waals surface area contributed by atoms with Gasteiger partial charge in [-0.05, 0) is 34.7 Å². The summed E-state index contributed by atoms with van der Waals surface area (Å²) in [5.74, 6) is -1.16. The van der Waals surface area contributed by atoms with Crippen LogP contribution in [0.2, 0.25) is 0 Å². The van der Waals surface area contributed by atoms with Crippen LogP contribution in [0.4, 0.5) is 0 Å². The fourth-order valence-electron chi connectivity index (χ4n) is 8.20. The summed E-state index contributed by atoms with van der Waals surface area (Å²) in [6, 6.07) is 4.11. The molecule has 0 saturated carbocycles. The van der Waals surface area contributed by atoms with Gasteiger partial charge < -0.3 is 36.4 Å². The highest BCUT2D eigenvalue weighted by atomic mass is 32.2. The third-order valence-electron chi connectivity index (χ3n) is 12.0. The lowest BCUT2D eigenvalue weighted by atomic mass is 9.82. The third kappa shape index (κ3) is 12.1. The SMILES string of the molecule is CC(C)[C@@H]1NC(=O)[C@@H]2[C@H](C)CCN2C(=O)CN=C(N[C@H](C(=O)N[C@H](C(=O)N[C@H](CC(=O)N2CCSCC2)c2nccs2)[C@@H](C)c2ccccc2)C(C)(C)C)[C@H](C(C)(C)C)NC1=O. The first-order chi connectivity index (χ1) is 29.2. The maximum Gasteiger partial charge on any atom is 0.244 e. The second-order valence-corrected chi connectivity index (χ2v) is 21.4. The van der Waals surface area contributed by atoms with Crippen LogP contribution in [-0.4, -0.2) is 124 Å². The van der Waals surface area contributed by atoms with Crippen LogP contribution in [0.25, 0.3) is 0 Å². The van der Waals surface area contributed by atoms with E-state index in [-0.39, 0.29) is 48.4 Å². The summed E-state index contributed by atoms with van der Waals surface area (Å²) in [5.41, 5.74) is -0.667. The molecule has 0 spiro atoms. The van der Waals surface area contributed by atoms with Gasteiger partial charge in [0.2, 0.25) is 35.4 Å².